The number of hydrogen-bond acceptors (Lipinski definition) is 2. The lowest BCUT2D eigenvalue weighted by molar-refractivity contribution is 0.626. The van der Waals surface area contributed by atoms with Gasteiger partial charge in [-0.1, -0.05) is 37.1 Å². The highest BCUT2D eigenvalue weighted by Gasteiger charge is 2.21. The number of hydrogen-bond donors (Lipinski definition) is 1. The molecule has 0 radical (unpaired) electrons. The summed E-state index contributed by atoms with van der Waals surface area (Å²) in [5.41, 5.74) is 3.94. The van der Waals surface area contributed by atoms with Gasteiger partial charge < -0.3 is 5.32 Å². The van der Waals surface area contributed by atoms with E-state index in [9.17, 15) is 0 Å². The Labute approximate surface area is 131 Å². The predicted molar refractivity (Wildman–Crippen MR) is 86.6 cm³/mol. The molecule has 0 amide bonds. The fourth-order valence-electron chi connectivity index (χ4n) is 2.56. The maximum atomic E-state index is 5.95. The van der Waals surface area contributed by atoms with Crippen LogP contribution < -0.4 is 5.32 Å². The quantitative estimate of drug-likeness (QED) is 0.843. The minimum atomic E-state index is 0.735. The summed E-state index contributed by atoms with van der Waals surface area (Å²) in [5, 5.41) is 8.96. The molecule has 112 valence electrons. The number of rotatable bonds is 7. The van der Waals surface area contributed by atoms with Crippen LogP contribution in [0.15, 0.2) is 30.5 Å². The van der Waals surface area contributed by atoms with E-state index in [1.807, 2.05) is 18.3 Å². The van der Waals surface area contributed by atoms with Gasteiger partial charge in [0, 0.05) is 28.9 Å². The van der Waals surface area contributed by atoms with Crippen LogP contribution in [0.25, 0.3) is 0 Å². The van der Waals surface area contributed by atoms with Crippen molar-refractivity contribution >= 4 is 11.6 Å². The molecule has 21 heavy (non-hydrogen) atoms. The first kappa shape index (κ1) is 14.6. The van der Waals surface area contributed by atoms with Gasteiger partial charge in [-0.2, -0.15) is 5.10 Å². The van der Waals surface area contributed by atoms with E-state index >= 15 is 0 Å². The molecule has 0 aliphatic heterocycles. The predicted octanol–water partition coefficient (Wildman–Crippen LogP) is 3.79. The molecular weight excluding hydrogens is 282 g/mol. The van der Waals surface area contributed by atoms with Gasteiger partial charge in [-0.05, 0) is 37.0 Å². The average Bonchev–Trinajstić information content (AvgIpc) is 3.24. The van der Waals surface area contributed by atoms with Gasteiger partial charge in [-0.3, -0.25) is 4.68 Å². The maximum Gasteiger partial charge on any atom is 0.0662 e. The van der Waals surface area contributed by atoms with E-state index in [1.165, 1.54) is 29.7 Å². The smallest absolute Gasteiger partial charge is 0.0662 e. The van der Waals surface area contributed by atoms with Gasteiger partial charge in [0.15, 0.2) is 0 Å². The lowest BCUT2D eigenvalue weighted by Crippen LogP contribution is -2.16. The van der Waals surface area contributed by atoms with Crippen molar-refractivity contribution in [2.24, 2.45) is 0 Å². The molecule has 0 unspecified atom stereocenters. The van der Waals surface area contributed by atoms with E-state index in [0.29, 0.717) is 0 Å². The molecule has 1 aliphatic rings. The van der Waals surface area contributed by atoms with Crippen LogP contribution in [0.2, 0.25) is 5.02 Å². The third-order valence-corrected chi connectivity index (χ3v) is 4.18. The van der Waals surface area contributed by atoms with Crippen LogP contribution in [0.1, 0.15) is 43.0 Å². The van der Waals surface area contributed by atoms with Crippen LogP contribution in [0.4, 0.5) is 0 Å². The zero-order valence-electron chi connectivity index (χ0n) is 12.5. The molecule has 1 N–H and O–H groups in total. The van der Waals surface area contributed by atoms with E-state index in [4.69, 9.17) is 11.6 Å². The van der Waals surface area contributed by atoms with Gasteiger partial charge in [0.2, 0.25) is 0 Å². The van der Waals surface area contributed by atoms with Crippen LogP contribution >= 0.6 is 11.6 Å². The fourth-order valence-corrected chi connectivity index (χ4v) is 2.69. The maximum absolute atomic E-state index is 5.95. The Morgan fingerprint density at radius 2 is 2.05 bits per heavy atom. The molecule has 1 heterocycles. The number of aromatic nitrogens is 2. The Bertz CT molecular complexity index is 585. The summed E-state index contributed by atoms with van der Waals surface area (Å²) in [6.45, 7) is 3.98. The van der Waals surface area contributed by atoms with Crippen molar-refractivity contribution in [3.63, 3.8) is 0 Å². The first-order valence-electron chi connectivity index (χ1n) is 7.77. The third-order valence-electron chi connectivity index (χ3n) is 3.93. The molecule has 0 saturated heterocycles. The normalized spacial score (nSPS) is 14.6. The van der Waals surface area contributed by atoms with Gasteiger partial charge in [0.05, 0.1) is 12.7 Å². The van der Waals surface area contributed by atoms with Gasteiger partial charge in [0.1, 0.15) is 0 Å². The van der Waals surface area contributed by atoms with Gasteiger partial charge in [0.25, 0.3) is 0 Å². The van der Waals surface area contributed by atoms with E-state index in [2.05, 4.69) is 34.2 Å². The van der Waals surface area contributed by atoms with Crippen molar-refractivity contribution in [1.82, 2.24) is 15.1 Å². The standard InChI is InChI=1S/C17H22ClN3/c1-2-3-17-14(10-19-16-8-9-16)11-20-21(17)12-13-4-6-15(18)7-5-13/h4-7,11,16,19H,2-3,8-10,12H2,1H3. The zero-order chi connectivity index (χ0) is 14.7. The minimum Gasteiger partial charge on any atom is -0.310 e. The Morgan fingerprint density at radius 1 is 1.29 bits per heavy atom. The first-order valence-corrected chi connectivity index (χ1v) is 8.15. The largest absolute Gasteiger partial charge is 0.310 e. The molecule has 1 aliphatic carbocycles. The fraction of sp³-hybridized carbons (Fsp3) is 0.471. The van der Waals surface area contributed by atoms with Crippen LogP contribution in [0, 0.1) is 0 Å². The SMILES string of the molecule is CCCc1c(CNC2CC2)cnn1Cc1ccc(Cl)cc1. The molecular formula is C17H22ClN3. The number of nitrogens with one attached hydrogen (secondary N) is 1. The second-order valence-electron chi connectivity index (χ2n) is 5.81. The molecule has 4 heteroatoms. The highest BCUT2D eigenvalue weighted by molar-refractivity contribution is 6.30. The van der Waals surface area contributed by atoms with Crippen LogP contribution in [-0.2, 0) is 19.5 Å². The summed E-state index contributed by atoms with van der Waals surface area (Å²) >= 11 is 5.95. The second-order valence-corrected chi connectivity index (χ2v) is 6.24. The van der Waals surface area contributed by atoms with E-state index in [0.717, 1.165) is 37.0 Å². The second kappa shape index (κ2) is 6.63. The lowest BCUT2D eigenvalue weighted by Gasteiger charge is -2.10. The minimum absolute atomic E-state index is 0.735. The summed E-state index contributed by atoms with van der Waals surface area (Å²) in [6, 6.07) is 8.76. The summed E-state index contributed by atoms with van der Waals surface area (Å²) in [4.78, 5) is 0. The third kappa shape index (κ3) is 3.86. The first-order chi connectivity index (χ1) is 10.3. The molecule has 1 saturated carbocycles. The monoisotopic (exact) mass is 303 g/mol. The van der Waals surface area contributed by atoms with E-state index < -0.39 is 0 Å². The summed E-state index contributed by atoms with van der Waals surface area (Å²) in [6.07, 6.45) is 6.89. The molecule has 1 fully saturated rings. The molecule has 1 aromatic heterocycles. The summed E-state index contributed by atoms with van der Waals surface area (Å²) in [7, 11) is 0. The Balaban J connectivity index is 1.74. The number of halogens is 1. The Kier molecular flexibility index (Phi) is 4.61. The van der Waals surface area contributed by atoms with Crippen molar-refractivity contribution in [1.29, 1.82) is 0 Å². The van der Waals surface area contributed by atoms with Gasteiger partial charge in [-0.25, -0.2) is 0 Å². The average molecular weight is 304 g/mol. The summed E-state index contributed by atoms with van der Waals surface area (Å²) in [5.74, 6) is 0. The highest BCUT2D eigenvalue weighted by Crippen LogP contribution is 2.21. The van der Waals surface area contributed by atoms with Crippen molar-refractivity contribution in [3.05, 3.63) is 52.3 Å². The summed E-state index contributed by atoms with van der Waals surface area (Å²) < 4.78 is 2.14. The molecule has 2 aromatic rings. The zero-order valence-corrected chi connectivity index (χ0v) is 13.2. The van der Waals surface area contributed by atoms with Crippen molar-refractivity contribution in [3.8, 4) is 0 Å². The molecule has 3 rings (SSSR count). The molecule has 0 atom stereocenters. The van der Waals surface area contributed by atoms with Crippen LogP contribution in [0.3, 0.4) is 0 Å². The molecule has 1 aromatic carbocycles. The van der Waals surface area contributed by atoms with E-state index in [-0.39, 0.29) is 0 Å². The topological polar surface area (TPSA) is 29.9 Å². The van der Waals surface area contributed by atoms with Crippen molar-refractivity contribution in [2.45, 2.75) is 51.7 Å². The highest BCUT2D eigenvalue weighted by atomic mass is 35.5. The van der Waals surface area contributed by atoms with Crippen LogP contribution in [-0.4, -0.2) is 15.8 Å². The molecule has 0 spiro atoms. The van der Waals surface area contributed by atoms with Crippen molar-refractivity contribution in [2.75, 3.05) is 0 Å². The number of nitrogens with zero attached hydrogens (tertiary/aromatic N) is 2. The van der Waals surface area contributed by atoms with Gasteiger partial charge >= 0.3 is 0 Å². The number of benzene rings is 1. The van der Waals surface area contributed by atoms with Crippen LogP contribution in [0.5, 0.6) is 0 Å². The van der Waals surface area contributed by atoms with E-state index in [1.54, 1.807) is 0 Å². The van der Waals surface area contributed by atoms with Gasteiger partial charge in [-0.15, -0.1) is 0 Å². The molecule has 0 bridgehead atoms. The Morgan fingerprint density at radius 3 is 2.71 bits per heavy atom. The lowest BCUT2D eigenvalue weighted by atomic mass is 10.1. The van der Waals surface area contributed by atoms with Crippen molar-refractivity contribution < 1.29 is 0 Å². The molecule has 3 nitrogen and oxygen atoms in total. The Hall–Kier alpha value is -1.32.